The maximum atomic E-state index is 14.4. The summed E-state index contributed by atoms with van der Waals surface area (Å²) in [5.74, 6) is -0.742. The second-order valence-electron chi connectivity index (χ2n) is 8.20. The fraction of sp³-hybridized carbons (Fsp3) is 0.480. The molecular formula is C25H31FO4. The van der Waals surface area contributed by atoms with E-state index in [9.17, 15) is 19.4 Å². The molecule has 30 heavy (non-hydrogen) atoms. The van der Waals surface area contributed by atoms with Gasteiger partial charge in [-0.1, -0.05) is 48.6 Å². The first kappa shape index (κ1) is 22.4. The van der Waals surface area contributed by atoms with Crippen molar-refractivity contribution >= 4 is 5.97 Å². The molecule has 3 atom stereocenters. The van der Waals surface area contributed by atoms with E-state index in [0.717, 1.165) is 19.3 Å². The zero-order valence-corrected chi connectivity index (χ0v) is 17.5. The second-order valence-corrected chi connectivity index (χ2v) is 8.20. The Morgan fingerprint density at radius 1 is 1.23 bits per heavy atom. The third kappa shape index (κ3) is 5.67. The molecule has 1 aromatic carbocycles. The molecule has 0 bridgehead atoms. The number of hydrogen-bond donors (Lipinski definition) is 2. The number of methoxy groups -OCH3 is 1. The molecule has 0 spiro atoms. The molecule has 162 valence electrons. The average molecular weight is 415 g/mol. The summed E-state index contributed by atoms with van der Waals surface area (Å²) in [6, 6.07) is 8.21. The molecule has 2 N–H and O–H groups in total. The Morgan fingerprint density at radius 3 is 2.60 bits per heavy atom. The van der Waals surface area contributed by atoms with Gasteiger partial charge in [0.25, 0.3) is 0 Å². The SMILES string of the molecule is COC(=O)CCCC=CCC1C(C=CC(O)C2Cc3ccccc3C2)=C(F)CC1O. The monoisotopic (exact) mass is 414 g/mol. The van der Waals surface area contributed by atoms with E-state index in [-0.39, 0.29) is 30.1 Å². The van der Waals surface area contributed by atoms with Gasteiger partial charge in [-0.3, -0.25) is 4.79 Å². The first-order chi connectivity index (χ1) is 14.5. The highest BCUT2D eigenvalue weighted by Gasteiger charge is 2.32. The van der Waals surface area contributed by atoms with Gasteiger partial charge < -0.3 is 14.9 Å². The van der Waals surface area contributed by atoms with Crippen molar-refractivity contribution in [3.63, 3.8) is 0 Å². The van der Waals surface area contributed by atoms with Crippen LogP contribution in [-0.4, -0.2) is 35.5 Å². The summed E-state index contributed by atoms with van der Waals surface area (Å²) in [6.07, 6.45) is 9.82. The van der Waals surface area contributed by atoms with Gasteiger partial charge in [0.2, 0.25) is 0 Å². The van der Waals surface area contributed by atoms with Crippen LogP contribution in [0.3, 0.4) is 0 Å². The molecule has 4 nitrogen and oxygen atoms in total. The fourth-order valence-corrected chi connectivity index (χ4v) is 4.37. The highest BCUT2D eigenvalue weighted by molar-refractivity contribution is 5.69. The van der Waals surface area contributed by atoms with Crippen molar-refractivity contribution in [1.29, 1.82) is 0 Å². The lowest BCUT2D eigenvalue weighted by Gasteiger charge is -2.16. The van der Waals surface area contributed by atoms with Gasteiger partial charge in [-0.2, -0.15) is 0 Å². The van der Waals surface area contributed by atoms with Gasteiger partial charge in [0.15, 0.2) is 0 Å². The topological polar surface area (TPSA) is 66.8 Å². The smallest absolute Gasteiger partial charge is 0.305 e. The van der Waals surface area contributed by atoms with Gasteiger partial charge in [0.1, 0.15) is 5.83 Å². The Bertz CT molecular complexity index is 801. The summed E-state index contributed by atoms with van der Waals surface area (Å²) in [4.78, 5) is 11.1. The molecule has 3 unspecified atom stereocenters. The van der Waals surface area contributed by atoms with Crippen LogP contribution >= 0.6 is 0 Å². The molecular weight excluding hydrogens is 383 g/mol. The van der Waals surface area contributed by atoms with Crippen LogP contribution < -0.4 is 0 Å². The Hall–Kier alpha value is -2.24. The lowest BCUT2D eigenvalue weighted by Crippen LogP contribution is -2.19. The number of rotatable bonds is 9. The molecule has 0 saturated carbocycles. The molecule has 0 heterocycles. The molecule has 0 saturated heterocycles. The van der Waals surface area contributed by atoms with Crippen molar-refractivity contribution in [3.8, 4) is 0 Å². The summed E-state index contributed by atoms with van der Waals surface area (Å²) in [5.41, 5.74) is 3.02. The molecule has 2 aliphatic carbocycles. The van der Waals surface area contributed by atoms with Crippen LogP contribution in [0, 0.1) is 11.8 Å². The molecule has 1 aromatic rings. The van der Waals surface area contributed by atoms with Crippen LogP contribution in [0.2, 0.25) is 0 Å². The van der Waals surface area contributed by atoms with E-state index in [4.69, 9.17) is 0 Å². The molecule has 0 fully saturated rings. The van der Waals surface area contributed by atoms with Crippen LogP contribution in [0.25, 0.3) is 0 Å². The van der Waals surface area contributed by atoms with E-state index >= 15 is 0 Å². The van der Waals surface area contributed by atoms with E-state index in [1.807, 2.05) is 24.3 Å². The zero-order chi connectivity index (χ0) is 21.5. The Morgan fingerprint density at radius 2 is 1.93 bits per heavy atom. The van der Waals surface area contributed by atoms with Gasteiger partial charge in [0.05, 0.1) is 19.3 Å². The van der Waals surface area contributed by atoms with Crippen molar-refractivity contribution in [2.45, 2.75) is 57.2 Å². The molecule has 2 aliphatic rings. The maximum absolute atomic E-state index is 14.4. The number of esters is 1. The van der Waals surface area contributed by atoms with Gasteiger partial charge in [0, 0.05) is 18.8 Å². The van der Waals surface area contributed by atoms with E-state index in [0.29, 0.717) is 24.8 Å². The van der Waals surface area contributed by atoms with Crippen LogP contribution in [0.4, 0.5) is 4.39 Å². The minimum absolute atomic E-state index is 0.0193. The largest absolute Gasteiger partial charge is 0.469 e. The average Bonchev–Trinajstić information content (AvgIpc) is 3.29. The summed E-state index contributed by atoms with van der Waals surface area (Å²) in [5, 5.41) is 20.9. The van der Waals surface area contributed by atoms with Crippen LogP contribution in [0.15, 0.2) is 60.0 Å². The first-order valence-corrected chi connectivity index (χ1v) is 10.7. The van der Waals surface area contributed by atoms with E-state index < -0.39 is 12.2 Å². The zero-order valence-electron chi connectivity index (χ0n) is 17.5. The molecule has 5 heteroatoms. The summed E-state index contributed by atoms with van der Waals surface area (Å²) in [7, 11) is 1.37. The quantitative estimate of drug-likeness (QED) is 0.361. The van der Waals surface area contributed by atoms with Crippen LogP contribution in [0.1, 0.15) is 43.2 Å². The first-order valence-electron chi connectivity index (χ1n) is 10.7. The van der Waals surface area contributed by atoms with Crippen molar-refractivity contribution in [1.82, 2.24) is 0 Å². The van der Waals surface area contributed by atoms with E-state index in [2.05, 4.69) is 16.9 Å². The third-order valence-corrected chi connectivity index (χ3v) is 6.14. The minimum Gasteiger partial charge on any atom is -0.469 e. The lowest BCUT2D eigenvalue weighted by molar-refractivity contribution is -0.140. The number of carbonyl (C=O) groups excluding carboxylic acids is 1. The normalized spacial score (nSPS) is 22.9. The highest BCUT2D eigenvalue weighted by atomic mass is 19.1. The standard InChI is InChI=1S/C25H31FO4/c1-30-25(29)11-5-3-2-4-10-21-20(22(26)16-24(21)28)12-13-23(27)19-14-17-8-6-7-9-18(17)15-19/h2,4,6-9,12-13,19,21,23-24,27-28H,3,5,10-11,14-16H2,1H3. The summed E-state index contributed by atoms with van der Waals surface area (Å²) >= 11 is 0. The molecule has 0 amide bonds. The number of aliphatic hydroxyl groups excluding tert-OH is 2. The fourth-order valence-electron chi connectivity index (χ4n) is 4.37. The van der Waals surface area contributed by atoms with Gasteiger partial charge >= 0.3 is 5.97 Å². The van der Waals surface area contributed by atoms with Crippen molar-refractivity contribution in [2.75, 3.05) is 7.11 Å². The third-order valence-electron chi connectivity index (χ3n) is 6.14. The summed E-state index contributed by atoms with van der Waals surface area (Å²) in [6.45, 7) is 0. The Labute approximate surface area is 177 Å². The number of carbonyl (C=O) groups is 1. The number of ether oxygens (including phenoxy) is 1. The predicted molar refractivity (Wildman–Crippen MR) is 114 cm³/mol. The molecule has 0 aliphatic heterocycles. The number of benzene rings is 1. The van der Waals surface area contributed by atoms with Gasteiger partial charge in [-0.15, -0.1) is 0 Å². The number of aliphatic hydroxyl groups is 2. The Balaban J connectivity index is 1.53. The maximum Gasteiger partial charge on any atom is 0.305 e. The highest BCUT2D eigenvalue weighted by Crippen LogP contribution is 2.37. The van der Waals surface area contributed by atoms with Crippen LogP contribution in [0.5, 0.6) is 0 Å². The number of unbranched alkanes of at least 4 members (excludes halogenated alkanes) is 1. The van der Waals surface area contributed by atoms with Gasteiger partial charge in [-0.05, 0) is 54.7 Å². The van der Waals surface area contributed by atoms with E-state index in [1.54, 1.807) is 12.2 Å². The second kappa shape index (κ2) is 10.7. The lowest BCUT2D eigenvalue weighted by atomic mass is 9.93. The summed E-state index contributed by atoms with van der Waals surface area (Å²) < 4.78 is 19.0. The Kier molecular flexibility index (Phi) is 8.00. The molecule has 0 aromatic heterocycles. The van der Waals surface area contributed by atoms with E-state index in [1.165, 1.54) is 18.2 Å². The van der Waals surface area contributed by atoms with Crippen molar-refractivity contribution in [2.24, 2.45) is 11.8 Å². The predicted octanol–water partition coefficient (Wildman–Crippen LogP) is 4.21. The molecule has 3 rings (SSSR count). The van der Waals surface area contributed by atoms with Gasteiger partial charge in [-0.25, -0.2) is 4.39 Å². The van der Waals surface area contributed by atoms with Crippen molar-refractivity contribution < 1.29 is 24.1 Å². The number of halogens is 1. The minimum atomic E-state index is -0.753. The molecule has 0 radical (unpaired) electrons. The number of allylic oxidation sites excluding steroid dienone is 3. The van der Waals surface area contributed by atoms with Crippen molar-refractivity contribution in [3.05, 3.63) is 71.1 Å². The number of fused-ring (bicyclic) bond motifs is 1. The van der Waals surface area contributed by atoms with Crippen LogP contribution in [-0.2, 0) is 22.4 Å². The number of hydrogen-bond acceptors (Lipinski definition) is 4.